The minimum Gasteiger partial charge on any atom is -0.258 e. The van der Waals surface area contributed by atoms with Gasteiger partial charge in [0, 0.05) is 17.1 Å². The van der Waals surface area contributed by atoms with Gasteiger partial charge in [-0.15, -0.1) is 11.8 Å². The molecule has 0 N–H and O–H groups in total. The molecule has 1 nitrogen and oxygen atoms in total. The quantitative estimate of drug-likeness (QED) is 0.727. The second kappa shape index (κ2) is 4.83. The maximum absolute atomic E-state index is 11.7. The second-order valence-electron chi connectivity index (χ2n) is 4.01. The van der Waals surface area contributed by atoms with E-state index >= 15 is 0 Å². The molecule has 3 heteroatoms. The fraction of sp³-hybridized carbons (Fsp3) is 1.00. The number of thioether (sulfide) groups is 1. The van der Waals surface area contributed by atoms with E-state index in [-0.39, 0.29) is 4.08 Å². The molecule has 0 heterocycles. The zero-order chi connectivity index (χ0) is 9.90. The number of rotatable bonds is 3. The Bertz CT molecular complexity index is 187. The summed E-state index contributed by atoms with van der Waals surface area (Å²) in [5.41, 5.74) is 0. The summed E-state index contributed by atoms with van der Waals surface area (Å²) in [5, 5.41) is 0. The molecule has 0 aromatic carbocycles. The van der Waals surface area contributed by atoms with E-state index in [4.69, 9.17) is 0 Å². The summed E-state index contributed by atoms with van der Waals surface area (Å²) in [5.74, 6) is 0.669. The summed E-state index contributed by atoms with van der Waals surface area (Å²) in [6, 6.07) is 0. The molecule has 78 valence electrons. The van der Waals surface area contributed by atoms with Gasteiger partial charge in [0.05, 0.1) is 4.08 Å². The molecule has 0 aromatic rings. The molecule has 0 spiro atoms. The minimum atomic E-state index is -0.704. The number of hydrogen-bond acceptors (Lipinski definition) is 2. The molecule has 0 amide bonds. The van der Waals surface area contributed by atoms with Crippen LogP contribution in [0.3, 0.4) is 0 Å². The molecule has 1 fully saturated rings. The van der Waals surface area contributed by atoms with Gasteiger partial charge in [-0.2, -0.15) is 0 Å². The van der Waals surface area contributed by atoms with Gasteiger partial charge in [0.15, 0.2) is 0 Å². The average Bonchev–Trinajstić information content (AvgIpc) is 2.17. The first-order valence-corrected chi connectivity index (χ1v) is 7.78. The summed E-state index contributed by atoms with van der Waals surface area (Å²) in [6.45, 7) is 2.17. The Morgan fingerprint density at radius 3 is 2.23 bits per heavy atom. The van der Waals surface area contributed by atoms with Crippen molar-refractivity contribution in [3.63, 3.8) is 0 Å². The molecule has 0 aliphatic heterocycles. The Kier molecular flexibility index (Phi) is 4.30. The van der Waals surface area contributed by atoms with Crippen LogP contribution in [0.15, 0.2) is 0 Å². The fourth-order valence-corrected chi connectivity index (χ4v) is 4.36. The molecular weight excluding hydrogens is 200 g/mol. The maximum Gasteiger partial charge on any atom is 0.0903 e. The highest BCUT2D eigenvalue weighted by Crippen LogP contribution is 2.41. The van der Waals surface area contributed by atoms with E-state index in [1.165, 1.54) is 32.1 Å². The van der Waals surface area contributed by atoms with Crippen molar-refractivity contribution in [2.75, 3.05) is 12.5 Å². The molecular formula is C10H20OS2. The van der Waals surface area contributed by atoms with Crippen molar-refractivity contribution in [2.45, 2.75) is 43.1 Å². The van der Waals surface area contributed by atoms with Crippen molar-refractivity contribution in [3.05, 3.63) is 0 Å². The van der Waals surface area contributed by atoms with E-state index in [9.17, 15) is 4.21 Å². The molecule has 1 aliphatic rings. The summed E-state index contributed by atoms with van der Waals surface area (Å²) < 4.78 is 11.7. The van der Waals surface area contributed by atoms with Crippen molar-refractivity contribution >= 4 is 22.6 Å². The Labute approximate surface area is 88.5 Å². The van der Waals surface area contributed by atoms with Crippen LogP contribution in [0.5, 0.6) is 0 Å². The van der Waals surface area contributed by atoms with Crippen LogP contribution in [-0.4, -0.2) is 20.8 Å². The van der Waals surface area contributed by atoms with Gasteiger partial charge < -0.3 is 0 Å². The molecule has 0 saturated heterocycles. The highest BCUT2D eigenvalue weighted by molar-refractivity contribution is 8.11. The molecule has 2 unspecified atom stereocenters. The van der Waals surface area contributed by atoms with Crippen molar-refractivity contribution < 1.29 is 4.21 Å². The lowest BCUT2D eigenvalue weighted by Gasteiger charge is -2.36. The Morgan fingerprint density at radius 1 is 1.31 bits per heavy atom. The van der Waals surface area contributed by atoms with Crippen molar-refractivity contribution in [1.29, 1.82) is 0 Å². The van der Waals surface area contributed by atoms with E-state index in [1.807, 2.05) is 6.26 Å². The third-order valence-electron chi connectivity index (χ3n) is 3.32. The summed E-state index contributed by atoms with van der Waals surface area (Å²) in [4.78, 5) is 0. The normalized spacial score (nSPS) is 26.7. The van der Waals surface area contributed by atoms with Crippen LogP contribution in [-0.2, 0) is 10.8 Å². The predicted octanol–water partition coefficient (Wildman–Crippen LogP) is 3.02. The molecule has 1 saturated carbocycles. The topological polar surface area (TPSA) is 17.1 Å². The third kappa shape index (κ3) is 2.50. The highest BCUT2D eigenvalue weighted by Gasteiger charge is 2.37. The van der Waals surface area contributed by atoms with Gasteiger partial charge in [-0.05, 0) is 31.9 Å². The van der Waals surface area contributed by atoms with E-state index in [2.05, 4.69) is 13.2 Å². The first-order chi connectivity index (χ1) is 6.11. The second-order valence-corrected chi connectivity index (χ2v) is 7.28. The Morgan fingerprint density at radius 2 is 1.85 bits per heavy atom. The van der Waals surface area contributed by atoms with E-state index in [1.54, 1.807) is 11.8 Å². The summed E-state index contributed by atoms with van der Waals surface area (Å²) in [7, 11) is -0.704. The first kappa shape index (κ1) is 11.6. The first-order valence-electron chi connectivity index (χ1n) is 5.00. The van der Waals surface area contributed by atoms with Gasteiger partial charge in [0.25, 0.3) is 0 Å². The Hall–Kier alpha value is 0.500. The van der Waals surface area contributed by atoms with E-state index in [0.717, 1.165) is 0 Å². The van der Waals surface area contributed by atoms with Crippen molar-refractivity contribution in [2.24, 2.45) is 5.92 Å². The lowest BCUT2D eigenvalue weighted by atomic mass is 9.87. The fourth-order valence-electron chi connectivity index (χ4n) is 2.15. The zero-order valence-corrected chi connectivity index (χ0v) is 10.5. The lowest BCUT2D eigenvalue weighted by molar-refractivity contribution is 0.339. The average molecular weight is 220 g/mol. The molecule has 0 radical (unpaired) electrons. The monoisotopic (exact) mass is 220 g/mol. The minimum absolute atomic E-state index is 0.000417. The molecule has 1 aliphatic carbocycles. The van der Waals surface area contributed by atoms with Gasteiger partial charge in [0.1, 0.15) is 0 Å². The molecule has 2 atom stereocenters. The summed E-state index contributed by atoms with van der Waals surface area (Å²) >= 11 is 1.79. The number of hydrogen-bond donors (Lipinski definition) is 0. The SMILES string of the molecule is CSC(C)(C1CCCCC1)S(C)=O. The Balaban J connectivity index is 2.68. The van der Waals surface area contributed by atoms with E-state index in [0.29, 0.717) is 5.92 Å². The lowest BCUT2D eigenvalue weighted by Crippen LogP contribution is -2.36. The smallest absolute Gasteiger partial charge is 0.0903 e. The molecule has 0 bridgehead atoms. The van der Waals surface area contributed by atoms with Crippen molar-refractivity contribution in [1.82, 2.24) is 0 Å². The molecule has 1 rings (SSSR count). The van der Waals surface area contributed by atoms with Crippen LogP contribution in [0.4, 0.5) is 0 Å². The van der Waals surface area contributed by atoms with Crippen LogP contribution in [0.1, 0.15) is 39.0 Å². The predicted molar refractivity (Wildman–Crippen MR) is 62.6 cm³/mol. The van der Waals surface area contributed by atoms with Crippen molar-refractivity contribution in [3.8, 4) is 0 Å². The zero-order valence-electron chi connectivity index (χ0n) is 8.84. The van der Waals surface area contributed by atoms with Gasteiger partial charge in [-0.1, -0.05) is 19.3 Å². The van der Waals surface area contributed by atoms with E-state index < -0.39 is 10.8 Å². The summed E-state index contributed by atoms with van der Waals surface area (Å²) in [6.07, 6.45) is 10.5. The third-order valence-corrected chi connectivity index (χ3v) is 7.15. The van der Waals surface area contributed by atoms with Crippen LogP contribution >= 0.6 is 11.8 Å². The highest BCUT2D eigenvalue weighted by atomic mass is 32.2. The van der Waals surface area contributed by atoms with Crippen LogP contribution in [0.2, 0.25) is 0 Å². The van der Waals surface area contributed by atoms with Gasteiger partial charge in [0.2, 0.25) is 0 Å². The van der Waals surface area contributed by atoms with Crippen LogP contribution < -0.4 is 0 Å². The largest absolute Gasteiger partial charge is 0.258 e. The van der Waals surface area contributed by atoms with Crippen LogP contribution in [0.25, 0.3) is 0 Å². The molecule has 0 aromatic heterocycles. The maximum atomic E-state index is 11.7. The standard InChI is InChI=1S/C10H20OS2/c1-10(12-2,13(3)11)9-7-5-4-6-8-9/h9H,4-8H2,1-3H3. The van der Waals surface area contributed by atoms with Crippen LogP contribution in [0, 0.1) is 5.92 Å². The molecule has 13 heavy (non-hydrogen) atoms. The van der Waals surface area contributed by atoms with Gasteiger partial charge in [-0.25, -0.2) is 0 Å². The van der Waals surface area contributed by atoms with Gasteiger partial charge in [-0.3, -0.25) is 4.21 Å². The van der Waals surface area contributed by atoms with Gasteiger partial charge >= 0.3 is 0 Å².